The highest BCUT2D eigenvalue weighted by Crippen LogP contribution is 2.11. The number of hydrogen-bond acceptors (Lipinski definition) is 3. The second-order valence-electron chi connectivity index (χ2n) is 3.88. The average molecular weight is 236 g/mol. The van der Waals surface area contributed by atoms with E-state index in [0.717, 1.165) is 6.42 Å². The van der Waals surface area contributed by atoms with Crippen LogP contribution in [0.5, 0.6) is 0 Å². The molecule has 0 aliphatic rings. The summed E-state index contributed by atoms with van der Waals surface area (Å²) >= 11 is 0. The number of nitrogens with zero attached hydrogens (tertiary/aromatic N) is 2. The summed E-state index contributed by atoms with van der Waals surface area (Å²) < 4.78 is 0. The molecule has 1 rings (SSSR count). The van der Waals surface area contributed by atoms with Crippen molar-refractivity contribution < 1.29 is 14.7 Å². The summed E-state index contributed by atoms with van der Waals surface area (Å²) in [6.07, 6.45) is 2.22. The molecule has 1 atom stereocenters. The minimum atomic E-state index is -1.14. The molecular weight excluding hydrogens is 220 g/mol. The highest BCUT2D eigenvalue weighted by Gasteiger charge is 2.22. The first-order valence-corrected chi connectivity index (χ1v) is 5.44. The molecule has 5 heteroatoms. The maximum Gasteiger partial charge on any atom is 0.338 e. The number of carboxylic acids is 1. The first kappa shape index (κ1) is 13.2. The third-order valence-corrected chi connectivity index (χ3v) is 2.81. The van der Waals surface area contributed by atoms with Crippen LogP contribution in [-0.4, -0.2) is 40.0 Å². The third-order valence-electron chi connectivity index (χ3n) is 2.81. The lowest BCUT2D eigenvalue weighted by molar-refractivity contribution is 0.0667. The van der Waals surface area contributed by atoms with Gasteiger partial charge in [-0.25, -0.2) is 4.79 Å². The Labute approximate surface area is 100 Å². The van der Waals surface area contributed by atoms with Crippen molar-refractivity contribution in [3.63, 3.8) is 0 Å². The summed E-state index contributed by atoms with van der Waals surface area (Å²) in [4.78, 5) is 28.4. The first-order valence-electron chi connectivity index (χ1n) is 5.44. The molecule has 0 radical (unpaired) electrons. The fourth-order valence-corrected chi connectivity index (χ4v) is 1.39. The van der Waals surface area contributed by atoms with E-state index in [2.05, 4.69) is 4.98 Å². The number of aromatic carboxylic acids is 1. The normalized spacial score (nSPS) is 11.9. The molecule has 0 fully saturated rings. The molecule has 0 aromatic carbocycles. The van der Waals surface area contributed by atoms with E-state index in [4.69, 9.17) is 5.11 Å². The summed E-state index contributed by atoms with van der Waals surface area (Å²) in [6, 6.07) is 2.93. The Balaban J connectivity index is 3.08. The molecule has 0 saturated heterocycles. The van der Waals surface area contributed by atoms with Crippen molar-refractivity contribution in [2.75, 3.05) is 7.05 Å². The van der Waals surface area contributed by atoms with Crippen molar-refractivity contribution in [1.82, 2.24) is 9.88 Å². The van der Waals surface area contributed by atoms with Gasteiger partial charge in [-0.3, -0.25) is 9.78 Å². The lowest BCUT2D eigenvalue weighted by Crippen LogP contribution is -2.36. The van der Waals surface area contributed by atoms with E-state index in [1.807, 2.05) is 13.8 Å². The predicted octanol–water partition coefficient (Wildman–Crippen LogP) is 1.65. The average Bonchev–Trinajstić information content (AvgIpc) is 2.35. The fraction of sp³-hybridized carbons (Fsp3) is 0.417. The van der Waals surface area contributed by atoms with E-state index < -0.39 is 5.97 Å². The van der Waals surface area contributed by atoms with Crippen LogP contribution < -0.4 is 0 Å². The van der Waals surface area contributed by atoms with E-state index >= 15 is 0 Å². The predicted molar refractivity (Wildman–Crippen MR) is 63.0 cm³/mol. The van der Waals surface area contributed by atoms with Gasteiger partial charge in [0, 0.05) is 19.3 Å². The van der Waals surface area contributed by atoms with Crippen LogP contribution >= 0.6 is 0 Å². The molecule has 1 amide bonds. The summed E-state index contributed by atoms with van der Waals surface area (Å²) in [5, 5.41) is 8.98. The topological polar surface area (TPSA) is 70.5 Å². The molecule has 92 valence electrons. The van der Waals surface area contributed by atoms with Crippen LogP contribution in [0.25, 0.3) is 0 Å². The van der Waals surface area contributed by atoms with Crippen molar-refractivity contribution in [1.29, 1.82) is 0 Å². The lowest BCUT2D eigenvalue weighted by Gasteiger charge is -2.23. The molecule has 1 aromatic rings. The van der Waals surface area contributed by atoms with E-state index in [0.29, 0.717) is 0 Å². The Morgan fingerprint density at radius 1 is 1.53 bits per heavy atom. The van der Waals surface area contributed by atoms with Crippen LogP contribution in [0.3, 0.4) is 0 Å². The standard InChI is InChI=1S/C12H16N2O3/c1-4-8(2)14(3)11(15)10-9(12(16)17)6-5-7-13-10/h5-8H,4H2,1-3H3,(H,16,17). The van der Waals surface area contributed by atoms with E-state index in [1.165, 1.54) is 23.2 Å². The molecule has 0 bridgehead atoms. The van der Waals surface area contributed by atoms with Gasteiger partial charge in [0.2, 0.25) is 0 Å². The van der Waals surface area contributed by atoms with Crippen LogP contribution in [0.15, 0.2) is 18.3 Å². The number of aromatic nitrogens is 1. The summed E-state index contributed by atoms with van der Waals surface area (Å²) in [5.74, 6) is -1.50. The maximum atomic E-state index is 12.1. The molecule has 0 saturated carbocycles. The van der Waals surface area contributed by atoms with E-state index in [1.54, 1.807) is 7.05 Å². The SMILES string of the molecule is CCC(C)N(C)C(=O)c1ncccc1C(=O)O. The van der Waals surface area contributed by atoms with Gasteiger partial charge in [-0.1, -0.05) is 6.92 Å². The highest BCUT2D eigenvalue weighted by molar-refractivity contribution is 6.03. The Morgan fingerprint density at radius 3 is 2.71 bits per heavy atom. The fourth-order valence-electron chi connectivity index (χ4n) is 1.39. The molecule has 0 aliphatic heterocycles. The zero-order valence-corrected chi connectivity index (χ0v) is 10.2. The van der Waals surface area contributed by atoms with Gasteiger partial charge in [-0.05, 0) is 25.5 Å². The second-order valence-corrected chi connectivity index (χ2v) is 3.88. The molecule has 1 heterocycles. The lowest BCUT2D eigenvalue weighted by atomic mass is 10.1. The van der Waals surface area contributed by atoms with Crippen molar-refractivity contribution >= 4 is 11.9 Å². The van der Waals surface area contributed by atoms with E-state index in [9.17, 15) is 9.59 Å². The number of carboxylic acid groups (broad SMARTS) is 1. The Morgan fingerprint density at radius 2 is 2.18 bits per heavy atom. The monoisotopic (exact) mass is 236 g/mol. The highest BCUT2D eigenvalue weighted by atomic mass is 16.4. The van der Waals surface area contributed by atoms with E-state index in [-0.39, 0.29) is 23.2 Å². The number of rotatable bonds is 4. The molecule has 0 spiro atoms. The Bertz CT molecular complexity index is 432. The molecular formula is C12H16N2O3. The van der Waals surface area contributed by atoms with Crippen LogP contribution in [0, 0.1) is 0 Å². The number of amides is 1. The first-order chi connectivity index (χ1) is 7.99. The molecule has 1 N–H and O–H groups in total. The van der Waals surface area contributed by atoms with Gasteiger partial charge in [-0.2, -0.15) is 0 Å². The van der Waals surface area contributed by atoms with Crippen molar-refractivity contribution in [2.24, 2.45) is 0 Å². The molecule has 1 unspecified atom stereocenters. The number of carbonyl (C=O) groups is 2. The molecule has 5 nitrogen and oxygen atoms in total. The van der Waals surface area contributed by atoms with Crippen molar-refractivity contribution in [2.45, 2.75) is 26.3 Å². The van der Waals surface area contributed by atoms with Crippen LogP contribution in [0.1, 0.15) is 41.1 Å². The van der Waals surface area contributed by atoms with Crippen molar-refractivity contribution in [3.05, 3.63) is 29.6 Å². The van der Waals surface area contributed by atoms with Crippen LogP contribution in [0.4, 0.5) is 0 Å². The summed E-state index contributed by atoms with van der Waals surface area (Å²) in [5.41, 5.74) is -0.0737. The van der Waals surface area contributed by atoms with Crippen LogP contribution in [-0.2, 0) is 0 Å². The third kappa shape index (κ3) is 2.81. The van der Waals surface area contributed by atoms with Gasteiger partial charge in [-0.15, -0.1) is 0 Å². The van der Waals surface area contributed by atoms with Gasteiger partial charge < -0.3 is 10.0 Å². The van der Waals surface area contributed by atoms with Gasteiger partial charge in [0.05, 0.1) is 5.56 Å². The van der Waals surface area contributed by atoms with Gasteiger partial charge in [0.1, 0.15) is 5.69 Å². The summed E-state index contributed by atoms with van der Waals surface area (Å²) in [7, 11) is 1.65. The quantitative estimate of drug-likeness (QED) is 0.862. The van der Waals surface area contributed by atoms with Crippen LogP contribution in [0.2, 0.25) is 0 Å². The Hall–Kier alpha value is -1.91. The minimum Gasteiger partial charge on any atom is -0.478 e. The smallest absolute Gasteiger partial charge is 0.338 e. The summed E-state index contributed by atoms with van der Waals surface area (Å²) in [6.45, 7) is 3.87. The van der Waals surface area contributed by atoms with Gasteiger partial charge in [0.15, 0.2) is 0 Å². The molecule has 0 aliphatic carbocycles. The second kappa shape index (κ2) is 5.43. The number of carbonyl (C=O) groups excluding carboxylic acids is 1. The zero-order chi connectivity index (χ0) is 13.0. The number of hydrogen-bond donors (Lipinski definition) is 1. The zero-order valence-electron chi connectivity index (χ0n) is 10.2. The molecule has 1 aromatic heterocycles. The minimum absolute atomic E-state index is 0.0113. The van der Waals surface area contributed by atoms with Gasteiger partial charge >= 0.3 is 5.97 Å². The maximum absolute atomic E-state index is 12.1. The molecule has 17 heavy (non-hydrogen) atoms. The number of pyridine rings is 1. The Kier molecular flexibility index (Phi) is 4.20. The largest absolute Gasteiger partial charge is 0.478 e. The van der Waals surface area contributed by atoms with Gasteiger partial charge in [0.25, 0.3) is 5.91 Å². The van der Waals surface area contributed by atoms with Crippen molar-refractivity contribution in [3.8, 4) is 0 Å².